The largest absolute Gasteiger partial charge is 0.449 e. The molecule has 4 fully saturated rings. The number of aliphatic hydroxyl groups excluding tert-OH is 1. The maximum atomic E-state index is 12.0. The molecule has 0 heterocycles. The Labute approximate surface area is 164 Å². The standard InChI is InChI=1S/C20H37NO5Si/c1-24-27(3,25-2)8-4-7-21-20(23)26-13-14-9-18-15-5-6-17(19(18)10-14)16(11-15)12-22/h14-19,22H,4-13H2,1-3H3,(H,21,23). The van der Waals surface area contributed by atoms with Gasteiger partial charge in [0.05, 0.1) is 6.61 Å². The van der Waals surface area contributed by atoms with E-state index in [0.717, 1.165) is 30.2 Å². The summed E-state index contributed by atoms with van der Waals surface area (Å²) in [6, 6.07) is 0.848. The molecule has 0 spiro atoms. The third kappa shape index (κ3) is 4.86. The first-order valence-electron chi connectivity index (χ1n) is 10.6. The predicted octanol–water partition coefficient (Wildman–Crippen LogP) is 3.15. The van der Waals surface area contributed by atoms with Gasteiger partial charge in [0, 0.05) is 27.4 Å². The van der Waals surface area contributed by atoms with Gasteiger partial charge < -0.3 is 24.0 Å². The minimum absolute atomic E-state index is 0.306. The highest BCUT2D eigenvalue weighted by molar-refractivity contribution is 6.65. The third-order valence-electron chi connectivity index (χ3n) is 7.62. The molecule has 4 saturated carbocycles. The zero-order chi connectivity index (χ0) is 19.4. The van der Waals surface area contributed by atoms with E-state index in [2.05, 4.69) is 5.32 Å². The molecule has 4 aliphatic rings. The lowest BCUT2D eigenvalue weighted by Crippen LogP contribution is -2.43. The summed E-state index contributed by atoms with van der Waals surface area (Å²) in [7, 11) is 1.32. The molecule has 6 unspecified atom stereocenters. The molecular formula is C20H37NO5Si. The van der Waals surface area contributed by atoms with Crippen LogP contribution in [-0.4, -0.2) is 53.7 Å². The smallest absolute Gasteiger partial charge is 0.407 e. The van der Waals surface area contributed by atoms with Crippen LogP contribution in [-0.2, 0) is 13.6 Å². The maximum Gasteiger partial charge on any atom is 0.407 e. The van der Waals surface area contributed by atoms with Crippen molar-refractivity contribution in [1.29, 1.82) is 0 Å². The molecule has 0 radical (unpaired) electrons. The molecule has 1 amide bonds. The molecule has 4 rings (SSSR count). The van der Waals surface area contributed by atoms with Gasteiger partial charge in [-0.25, -0.2) is 4.79 Å². The van der Waals surface area contributed by atoms with Crippen LogP contribution in [0.15, 0.2) is 0 Å². The first-order chi connectivity index (χ1) is 13.0. The minimum atomic E-state index is -2.05. The Morgan fingerprint density at radius 1 is 1.11 bits per heavy atom. The number of carbonyl (C=O) groups is 1. The topological polar surface area (TPSA) is 77.0 Å². The van der Waals surface area contributed by atoms with Crippen LogP contribution in [0.2, 0.25) is 12.6 Å². The van der Waals surface area contributed by atoms with E-state index in [9.17, 15) is 9.90 Å². The number of ether oxygens (including phenoxy) is 1. The molecule has 2 bridgehead atoms. The van der Waals surface area contributed by atoms with Crippen LogP contribution in [0.3, 0.4) is 0 Å². The second-order valence-electron chi connectivity index (χ2n) is 9.02. The van der Waals surface area contributed by atoms with Crippen LogP contribution in [0.5, 0.6) is 0 Å². The fourth-order valence-corrected chi connectivity index (χ4v) is 7.40. The molecule has 6 nitrogen and oxygen atoms in total. The Morgan fingerprint density at radius 2 is 1.85 bits per heavy atom. The molecule has 0 aliphatic heterocycles. The summed E-state index contributed by atoms with van der Waals surface area (Å²) < 4.78 is 16.4. The predicted molar refractivity (Wildman–Crippen MR) is 106 cm³/mol. The second kappa shape index (κ2) is 9.24. The van der Waals surface area contributed by atoms with Crippen molar-refractivity contribution in [2.24, 2.45) is 35.5 Å². The van der Waals surface area contributed by atoms with Gasteiger partial charge >= 0.3 is 14.7 Å². The van der Waals surface area contributed by atoms with Gasteiger partial charge in [0.1, 0.15) is 0 Å². The highest BCUT2D eigenvalue weighted by atomic mass is 28.4. The molecule has 7 heteroatoms. The Balaban J connectivity index is 1.35. The minimum Gasteiger partial charge on any atom is -0.449 e. The van der Waals surface area contributed by atoms with Crippen LogP contribution in [0.1, 0.15) is 38.5 Å². The maximum absolute atomic E-state index is 12.0. The molecule has 2 N–H and O–H groups in total. The van der Waals surface area contributed by atoms with E-state index in [0.29, 0.717) is 37.5 Å². The molecule has 0 aromatic carbocycles. The first-order valence-corrected chi connectivity index (χ1v) is 13.1. The van der Waals surface area contributed by atoms with Gasteiger partial charge in [-0.3, -0.25) is 0 Å². The normalized spacial score (nSPS) is 35.1. The average Bonchev–Trinajstić information content (AvgIpc) is 3.15. The Hall–Kier alpha value is -0.633. The molecule has 0 aromatic heterocycles. The van der Waals surface area contributed by atoms with Crippen molar-refractivity contribution in [2.75, 3.05) is 34.0 Å². The number of alkyl carbamates (subject to hydrolysis) is 1. The highest BCUT2D eigenvalue weighted by Crippen LogP contribution is 2.58. The van der Waals surface area contributed by atoms with E-state index in [1.165, 1.54) is 32.1 Å². The number of aliphatic hydroxyl groups is 1. The number of nitrogens with one attached hydrogen (secondary N) is 1. The van der Waals surface area contributed by atoms with E-state index in [4.69, 9.17) is 13.6 Å². The van der Waals surface area contributed by atoms with Gasteiger partial charge in [-0.05, 0) is 86.6 Å². The lowest BCUT2D eigenvalue weighted by atomic mass is 9.56. The number of hydrogen-bond donors (Lipinski definition) is 2. The van der Waals surface area contributed by atoms with E-state index in [1.807, 2.05) is 6.55 Å². The monoisotopic (exact) mass is 399 g/mol. The zero-order valence-corrected chi connectivity index (χ0v) is 18.1. The van der Waals surface area contributed by atoms with Crippen LogP contribution < -0.4 is 5.32 Å². The average molecular weight is 400 g/mol. The lowest BCUT2D eigenvalue weighted by Gasteiger charge is -2.50. The van der Waals surface area contributed by atoms with Crippen molar-refractivity contribution in [3.8, 4) is 0 Å². The molecular weight excluding hydrogens is 362 g/mol. The summed E-state index contributed by atoms with van der Waals surface area (Å²) in [6.45, 7) is 3.50. The summed E-state index contributed by atoms with van der Waals surface area (Å²) in [5.74, 6) is 4.04. The summed E-state index contributed by atoms with van der Waals surface area (Å²) >= 11 is 0. The van der Waals surface area contributed by atoms with Crippen molar-refractivity contribution in [3.05, 3.63) is 0 Å². The summed E-state index contributed by atoms with van der Waals surface area (Å²) in [4.78, 5) is 12.0. The summed E-state index contributed by atoms with van der Waals surface area (Å²) in [5, 5.41) is 12.5. The first kappa shape index (κ1) is 21.1. The second-order valence-corrected chi connectivity index (χ2v) is 12.6. The van der Waals surface area contributed by atoms with Crippen molar-refractivity contribution in [3.63, 3.8) is 0 Å². The Morgan fingerprint density at radius 3 is 2.56 bits per heavy atom. The van der Waals surface area contributed by atoms with Crippen LogP contribution in [0.4, 0.5) is 4.79 Å². The fraction of sp³-hybridized carbons (Fsp3) is 0.950. The number of hydrogen-bond acceptors (Lipinski definition) is 5. The molecule has 0 saturated heterocycles. The Bertz CT molecular complexity index is 501. The Kier molecular flexibility index (Phi) is 7.22. The molecule has 4 aliphatic carbocycles. The van der Waals surface area contributed by atoms with E-state index in [-0.39, 0.29) is 6.09 Å². The van der Waals surface area contributed by atoms with Gasteiger partial charge in [-0.2, -0.15) is 0 Å². The molecule has 156 valence electrons. The summed E-state index contributed by atoms with van der Waals surface area (Å²) in [5.41, 5.74) is 0. The number of amides is 1. The fourth-order valence-electron chi connectivity index (χ4n) is 6.00. The SMILES string of the molecule is CO[Si](C)(CCCNC(=O)OCC1CC2C3CCC(C(CO)C3)C2C1)OC. The van der Waals surface area contributed by atoms with Gasteiger partial charge in [0.2, 0.25) is 0 Å². The quantitative estimate of drug-likeness (QED) is 0.460. The highest BCUT2D eigenvalue weighted by Gasteiger charge is 2.52. The van der Waals surface area contributed by atoms with Crippen LogP contribution >= 0.6 is 0 Å². The van der Waals surface area contributed by atoms with Crippen molar-refractivity contribution >= 4 is 14.7 Å². The van der Waals surface area contributed by atoms with E-state index < -0.39 is 8.56 Å². The van der Waals surface area contributed by atoms with Crippen LogP contribution in [0, 0.1) is 35.5 Å². The number of fused-ring (bicyclic) bond motifs is 2. The summed E-state index contributed by atoms with van der Waals surface area (Å²) in [6.07, 6.45) is 6.72. The van der Waals surface area contributed by atoms with Gasteiger partial charge in [-0.15, -0.1) is 0 Å². The van der Waals surface area contributed by atoms with Gasteiger partial charge in [0.25, 0.3) is 0 Å². The van der Waals surface area contributed by atoms with Crippen LogP contribution in [0.25, 0.3) is 0 Å². The zero-order valence-electron chi connectivity index (χ0n) is 17.1. The number of rotatable bonds is 9. The van der Waals surface area contributed by atoms with Crippen molar-refractivity contribution in [1.82, 2.24) is 5.32 Å². The van der Waals surface area contributed by atoms with Gasteiger partial charge in [0.15, 0.2) is 0 Å². The molecule has 6 atom stereocenters. The van der Waals surface area contributed by atoms with Crippen molar-refractivity contribution in [2.45, 2.75) is 51.1 Å². The van der Waals surface area contributed by atoms with E-state index in [1.54, 1.807) is 14.2 Å². The lowest BCUT2D eigenvalue weighted by molar-refractivity contribution is -0.0288. The third-order valence-corrected chi connectivity index (χ3v) is 10.6. The van der Waals surface area contributed by atoms with Gasteiger partial charge in [-0.1, -0.05) is 0 Å². The van der Waals surface area contributed by atoms with E-state index >= 15 is 0 Å². The van der Waals surface area contributed by atoms with Crippen molar-refractivity contribution < 1.29 is 23.5 Å². The number of carbonyl (C=O) groups excluding carboxylic acids is 1. The molecule has 27 heavy (non-hydrogen) atoms. The molecule has 0 aromatic rings.